The molecule has 2 aromatic rings. The molecule has 2 heterocycles. The molecule has 0 radical (unpaired) electrons. The lowest BCUT2D eigenvalue weighted by molar-refractivity contribution is -0.136. The van der Waals surface area contributed by atoms with Crippen molar-refractivity contribution in [2.24, 2.45) is 0 Å². The molecule has 1 N–H and O–H groups in total. The van der Waals surface area contributed by atoms with E-state index in [9.17, 15) is 9.90 Å². The summed E-state index contributed by atoms with van der Waals surface area (Å²) in [6, 6.07) is 10.4. The molecule has 1 aliphatic carbocycles. The molecular weight excluding hydrogens is 436 g/mol. The number of aliphatic hydroxyl groups excluding tert-OH is 1. The summed E-state index contributed by atoms with van der Waals surface area (Å²) < 4.78 is 11.5. The van der Waals surface area contributed by atoms with Crippen LogP contribution in [0.5, 0.6) is 5.75 Å². The fourth-order valence-corrected chi connectivity index (χ4v) is 5.27. The highest BCUT2D eigenvalue weighted by Gasteiger charge is 2.36. The monoisotopic (exact) mass is 470 g/mol. The maximum Gasteiger partial charge on any atom is 0.237 e. The molecule has 6 nitrogen and oxygen atoms in total. The van der Waals surface area contributed by atoms with Crippen molar-refractivity contribution in [3.05, 3.63) is 64.4 Å². The van der Waals surface area contributed by atoms with Gasteiger partial charge in [0.15, 0.2) is 0 Å². The average Bonchev–Trinajstić information content (AvgIpc) is 3.55. The van der Waals surface area contributed by atoms with E-state index in [0.29, 0.717) is 38.9 Å². The normalized spacial score (nSPS) is 18.8. The Bertz CT molecular complexity index is 925. The molecule has 178 valence electrons. The van der Waals surface area contributed by atoms with Crippen LogP contribution in [-0.4, -0.2) is 72.4 Å². The van der Waals surface area contributed by atoms with Crippen LogP contribution in [0.1, 0.15) is 34.9 Å². The number of hydrogen-bond donors (Lipinski definition) is 1. The number of carbonyl (C=O) groups is 1. The molecule has 7 heteroatoms. The summed E-state index contributed by atoms with van der Waals surface area (Å²) in [5, 5.41) is 12.5. The summed E-state index contributed by atoms with van der Waals surface area (Å²) >= 11 is 1.76. The molecule has 1 aromatic carbocycles. The van der Waals surface area contributed by atoms with Gasteiger partial charge in [-0.15, -0.1) is 17.9 Å². The average molecular weight is 471 g/mol. The summed E-state index contributed by atoms with van der Waals surface area (Å²) in [6.45, 7) is 8.22. The highest BCUT2D eigenvalue weighted by molar-refractivity contribution is 7.10. The molecule has 1 fully saturated rings. The summed E-state index contributed by atoms with van der Waals surface area (Å²) in [5.74, 6) is 0.910. The van der Waals surface area contributed by atoms with Crippen molar-refractivity contribution in [2.75, 3.05) is 39.5 Å². The van der Waals surface area contributed by atoms with E-state index in [0.717, 1.165) is 25.0 Å². The molecule has 0 spiro atoms. The van der Waals surface area contributed by atoms with Gasteiger partial charge in [0.1, 0.15) is 12.4 Å². The van der Waals surface area contributed by atoms with Crippen molar-refractivity contribution in [1.29, 1.82) is 0 Å². The molecule has 2 atom stereocenters. The Morgan fingerprint density at radius 3 is 2.85 bits per heavy atom. The van der Waals surface area contributed by atoms with Gasteiger partial charge < -0.3 is 19.5 Å². The third kappa shape index (κ3) is 6.44. The lowest BCUT2D eigenvalue weighted by atomic mass is 10.0. The minimum absolute atomic E-state index is 0.0930. The number of aliphatic hydroxyl groups is 1. The predicted octanol–water partition coefficient (Wildman–Crippen LogP) is 3.59. The number of rotatable bonds is 12. The van der Waals surface area contributed by atoms with Crippen molar-refractivity contribution in [3.8, 4) is 5.75 Å². The Morgan fingerprint density at radius 2 is 2.12 bits per heavy atom. The van der Waals surface area contributed by atoms with Gasteiger partial charge in [-0.3, -0.25) is 9.69 Å². The van der Waals surface area contributed by atoms with E-state index in [2.05, 4.69) is 29.8 Å². The molecule has 0 saturated heterocycles. The molecule has 2 aliphatic rings. The number of thiophene rings is 1. The molecule has 1 amide bonds. The van der Waals surface area contributed by atoms with E-state index >= 15 is 0 Å². The third-order valence-electron chi connectivity index (χ3n) is 6.24. The van der Waals surface area contributed by atoms with Crippen molar-refractivity contribution >= 4 is 17.2 Å². The maximum absolute atomic E-state index is 13.5. The first-order chi connectivity index (χ1) is 16.0. The first-order valence-corrected chi connectivity index (χ1v) is 12.6. The van der Waals surface area contributed by atoms with E-state index in [1.165, 1.54) is 16.0 Å². The minimum Gasteiger partial charge on any atom is -0.491 e. The Morgan fingerprint density at radius 1 is 1.33 bits per heavy atom. The molecule has 1 aliphatic heterocycles. The fraction of sp³-hybridized carbons (Fsp3) is 0.500. The van der Waals surface area contributed by atoms with Crippen LogP contribution in [0.4, 0.5) is 0 Å². The van der Waals surface area contributed by atoms with Crippen molar-refractivity contribution in [1.82, 2.24) is 9.80 Å². The van der Waals surface area contributed by atoms with Crippen LogP contribution in [-0.2, 0) is 16.0 Å². The highest BCUT2D eigenvalue weighted by Crippen LogP contribution is 2.34. The van der Waals surface area contributed by atoms with E-state index < -0.39 is 6.10 Å². The predicted molar refractivity (Wildman–Crippen MR) is 131 cm³/mol. The van der Waals surface area contributed by atoms with Crippen molar-refractivity contribution in [2.45, 2.75) is 44.4 Å². The Balaban J connectivity index is 1.41. The largest absolute Gasteiger partial charge is 0.491 e. The Kier molecular flexibility index (Phi) is 8.20. The van der Waals surface area contributed by atoms with Crippen LogP contribution < -0.4 is 4.74 Å². The van der Waals surface area contributed by atoms with Crippen LogP contribution >= 0.6 is 11.3 Å². The summed E-state index contributed by atoms with van der Waals surface area (Å²) in [4.78, 5) is 18.9. The number of fused-ring (bicyclic) bond motifs is 1. The van der Waals surface area contributed by atoms with E-state index in [-0.39, 0.29) is 18.6 Å². The van der Waals surface area contributed by atoms with Gasteiger partial charge >= 0.3 is 0 Å². The first-order valence-electron chi connectivity index (χ1n) is 11.7. The van der Waals surface area contributed by atoms with Crippen LogP contribution in [0.25, 0.3) is 0 Å². The molecule has 0 unspecified atom stereocenters. The van der Waals surface area contributed by atoms with Crippen molar-refractivity contribution < 1.29 is 19.4 Å². The topological polar surface area (TPSA) is 62.2 Å². The summed E-state index contributed by atoms with van der Waals surface area (Å²) in [5.41, 5.74) is 2.39. The lowest BCUT2D eigenvalue weighted by Crippen LogP contribution is -2.48. The molecule has 0 bridgehead atoms. The number of nitrogens with zero attached hydrogens (tertiary/aromatic N) is 2. The molecule has 4 rings (SSSR count). The van der Waals surface area contributed by atoms with Crippen molar-refractivity contribution in [3.63, 3.8) is 0 Å². The Labute approximate surface area is 200 Å². The number of amides is 1. The molecular formula is C26H34N2O4S. The van der Waals surface area contributed by atoms with Gasteiger partial charge in [-0.05, 0) is 55.3 Å². The lowest BCUT2D eigenvalue weighted by Gasteiger charge is -2.37. The number of hydrogen-bond acceptors (Lipinski definition) is 6. The third-order valence-corrected chi connectivity index (χ3v) is 7.23. The van der Waals surface area contributed by atoms with E-state index in [1.807, 2.05) is 29.2 Å². The first kappa shape index (κ1) is 24.0. The SMILES string of the molecule is C=CCOC[C@H](O)CN(CC(=O)N1CCc2sccc2[C@H]1COc1ccc(C)cc1)C1CC1. The van der Waals surface area contributed by atoms with Gasteiger partial charge in [0.2, 0.25) is 5.91 Å². The number of aryl methyl sites for hydroxylation is 1. The quantitative estimate of drug-likeness (QED) is 0.379. The number of ether oxygens (including phenoxy) is 2. The standard InChI is InChI=1S/C26H34N2O4S/c1-3-13-31-17-21(29)15-27(20-6-7-20)16-26(30)28-12-10-25-23(11-14-33-25)24(28)18-32-22-8-4-19(2)5-9-22/h3-5,8-9,11,14,20-21,24,29H,1,6-7,10,12-13,15-18H2,2H3/t21-,24-/m1/s1. The van der Waals surface area contributed by atoms with Gasteiger partial charge in [-0.1, -0.05) is 23.8 Å². The highest BCUT2D eigenvalue weighted by atomic mass is 32.1. The van der Waals surface area contributed by atoms with E-state index in [4.69, 9.17) is 9.47 Å². The maximum atomic E-state index is 13.5. The molecule has 33 heavy (non-hydrogen) atoms. The molecule has 1 aromatic heterocycles. The number of benzene rings is 1. The van der Waals surface area contributed by atoms with Crippen LogP contribution in [0, 0.1) is 6.92 Å². The van der Waals surface area contributed by atoms with Crippen LogP contribution in [0.3, 0.4) is 0 Å². The molecule has 1 saturated carbocycles. The fourth-order valence-electron chi connectivity index (χ4n) is 4.34. The second kappa shape index (κ2) is 11.3. The van der Waals surface area contributed by atoms with Gasteiger partial charge in [0, 0.05) is 24.0 Å². The zero-order chi connectivity index (χ0) is 23.2. The second-order valence-corrected chi connectivity index (χ2v) is 9.92. The second-order valence-electron chi connectivity index (χ2n) is 8.92. The van der Waals surface area contributed by atoms with Crippen LogP contribution in [0.15, 0.2) is 48.4 Å². The van der Waals surface area contributed by atoms with Gasteiger partial charge in [0.05, 0.1) is 31.9 Å². The van der Waals surface area contributed by atoms with Crippen LogP contribution in [0.2, 0.25) is 0 Å². The number of carbonyl (C=O) groups excluding carboxylic acids is 1. The van der Waals surface area contributed by atoms with Gasteiger partial charge in [-0.25, -0.2) is 0 Å². The smallest absolute Gasteiger partial charge is 0.237 e. The van der Waals surface area contributed by atoms with Gasteiger partial charge in [0.25, 0.3) is 0 Å². The van der Waals surface area contributed by atoms with Gasteiger partial charge in [-0.2, -0.15) is 0 Å². The Hall–Kier alpha value is -2.19. The minimum atomic E-state index is -0.621. The zero-order valence-corrected chi connectivity index (χ0v) is 20.1. The zero-order valence-electron chi connectivity index (χ0n) is 19.3. The summed E-state index contributed by atoms with van der Waals surface area (Å²) in [7, 11) is 0. The summed E-state index contributed by atoms with van der Waals surface area (Å²) in [6.07, 6.45) is 4.07. The van der Waals surface area contributed by atoms with E-state index in [1.54, 1.807) is 17.4 Å².